The van der Waals surface area contributed by atoms with Gasteiger partial charge in [0.2, 0.25) is 10.0 Å². The number of H-pyrrole nitrogens is 1. The zero-order valence-corrected chi connectivity index (χ0v) is 17.2. The number of hydrogen-bond donors (Lipinski definition) is 3. The second-order valence-corrected chi connectivity index (χ2v) is 9.39. The van der Waals surface area contributed by atoms with Gasteiger partial charge in [-0.25, -0.2) is 32.5 Å². The van der Waals surface area contributed by atoms with Gasteiger partial charge in [-0.1, -0.05) is 24.4 Å². The van der Waals surface area contributed by atoms with Crippen LogP contribution in [0.2, 0.25) is 5.02 Å². The van der Waals surface area contributed by atoms with E-state index in [1.165, 1.54) is 6.20 Å². The van der Waals surface area contributed by atoms with Crippen molar-refractivity contribution in [1.82, 2.24) is 24.7 Å². The summed E-state index contributed by atoms with van der Waals surface area (Å²) in [6.07, 6.45) is 8.66. The number of sulfonamides is 1. The van der Waals surface area contributed by atoms with Crippen LogP contribution in [0.1, 0.15) is 25.7 Å². The number of rotatable bonds is 5. The van der Waals surface area contributed by atoms with Crippen molar-refractivity contribution in [3.8, 4) is 11.4 Å². The van der Waals surface area contributed by atoms with Gasteiger partial charge in [-0.15, -0.1) is 0 Å². The molecule has 3 aromatic heterocycles. The molecule has 11 heteroatoms. The van der Waals surface area contributed by atoms with Crippen molar-refractivity contribution >= 4 is 38.5 Å². The molecule has 1 saturated carbocycles. The molecule has 0 aliphatic heterocycles. The van der Waals surface area contributed by atoms with Gasteiger partial charge in [-0.05, 0) is 18.9 Å². The lowest BCUT2D eigenvalue weighted by molar-refractivity contribution is 0.377. The molecule has 1 aliphatic rings. The fourth-order valence-electron chi connectivity index (χ4n) is 3.66. The van der Waals surface area contributed by atoms with Crippen LogP contribution in [0.25, 0.3) is 22.4 Å². The molecule has 3 heterocycles. The van der Waals surface area contributed by atoms with Crippen LogP contribution in [0.4, 0.5) is 10.2 Å². The van der Waals surface area contributed by atoms with E-state index in [0.717, 1.165) is 30.7 Å². The van der Waals surface area contributed by atoms with E-state index in [4.69, 9.17) is 11.6 Å². The van der Waals surface area contributed by atoms with Crippen molar-refractivity contribution in [2.45, 2.75) is 37.8 Å². The molecule has 3 aromatic rings. The number of pyridine rings is 1. The van der Waals surface area contributed by atoms with Crippen molar-refractivity contribution in [1.29, 1.82) is 0 Å². The summed E-state index contributed by atoms with van der Waals surface area (Å²) in [6, 6.07) is 1.14. The minimum Gasteiger partial charge on any atom is -0.363 e. The molecule has 0 spiro atoms. The Hall–Kier alpha value is -2.30. The number of nitrogens with zero attached hydrogens (tertiary/aromatic N) is 3. The first-order valence-corrected chi connectivity index (χ1v) is 11.5. The lowest BCUT2D eigenvalue weighted by Gasteiger charge is -2.32. The topological polar surface area (TPSA) is 113 Å². The third-order valence-electron chi connectivity index (χ3n) is 4.94. The summed E-state index contributed by atoms with van der Waals surface area (Å²) in [5, 5.41) is 4.27. The smallest absolute Gasteiger partial charge is 0.209 e. The fraction of sp³-hybridized carbons (Fsp3) is 0.389. The van der Waals surface area contributed by atoms with Crippen molar-refractivity contribution in [3.05, 3.63) is 35.5 Å². The molecule has 8 nitrogen and oxygen atoms in total. The highest BCUT2D eigenvalue weighted by Gasteiger charge is 2.28. The van der Waals surface area contributed by atoms with E-state index in [-0.39, 0.29) is 17.9 Å². The zero-order chi connectivity index (χ0) is 20.6. The van der Waals surface area contributed by atoms with E-state index < -0.39 is 15.8 Å². The maximum atomic E-state index is 14.4. The minimum atomic E-state index is -3.37. The summed E-state index contributed by atoms with van der Waals surface area (Å²) in [5.74, 6) is -0.257. The molecule has 0 amide bonds. The van der Waals surface area contributed by atoms with Crippen LogP contribution in [0.15, 0.2) is 24.7 Å². The summed E-state index contributed by atoms with van der Waals surface area (Å²) in [4.78, 5) is 15.7. The second-order valence-electron chi connectivity index (χ2n) is 7.17. The third-order valence-corrected chi connectivity index (χ3v) is 5.87. The quantitative estimate of drug-likeness (QED) is 0.564. The van der Waals surface area contributed by atoms with Crippen molar-refractivity contribution in [2.24, 2.45) is 0 Å². The van der Waals surface area contributed by atoms with Crippen LogP contribution >= 0.6 is 11.6 Å². The predicted molar refractivity (Wildman–Crippen MR) is 110 cm³/mol. The highest BCUT2D eigenvalue weighted by atomic mass is 35.5. The molecule has 29 heavy (non-hydrogen) atoms. The molecule has 0 aromatic carbocycles. The Morgan fingerprint density at radius 1 is 1.21 bits per heavy atom. The summed E-state index contributed by atoms with van der Waals surface area (Å²) in [5.41, 5.74) is 1.27. The first kappa shape index (κ1) is 20.0. The Kier molecular flexibility index (Phi) is 5.41. The Bertz CT molecular complexity index is 1150. The molecule has 1 fully saturated rings. The Morgan fingerprint density at radius 2 is 1.97 bits per heavy atom. The molecule has 0 saturated heterocycles. The van der Waals surface area contributed by atoms with Crippen LogP contribution in [-0.4, -0.2) is 46.7 Å². The Labute approximate surface area is 172 Å². The van der Waals surface area contributed by atoms with E-state index in [1.807, 2.05) is 0 Å². The summed E-state index contributed by atoms with van der Waals surface area (Å²) in [7, 11) is -3.37. The second kappa shape index (κ2) is 7.85. The van der Waals surface area contributed by atoms with Gasteiger partial charge in [0.15, 0.2) is 17.5 Å². The molecule has 3 N–H and O–H groups in total. The van der Waals surface area contributed by atoms with Gasteiger partial charge < -0.3 is 10.3 Å². The monoisotopic (exact) mass is 438 g/mol. The first-order valence-electron chi connectivity index (χ1n) is 9.19. The third kappa shape index (κ3) is 4.49. The lowest BCUT2D eigenvalue weighted by Crippen LogP contribution is -2.48. The number of aromatic nitrogens is 4. The number of anilines is 1. The van der Waals surface area contributed by atoms with Gasteiger partial charge in [-0.2, -0.15) is 0 Å². The average molecular weight is 439 g/mol. The van der Waals surface area contributed by atoms with E-state index in [1.54, 1.807) is 12.3 Å². The standard InChI is InChI=1S/C18H20ClFN6O2S/c1-29(27,28)26-15-5-3-2-4-14(15)24-18-13(20)9-23-17(25-18)12-8-22-16-11(12)6-10(19)7-21-16/h6-9,14-15,26H,2-5H2,1H3,(H,21,22)(H,23,24,25)/t14?,15-/m1/s1. The van der Waals surface area contributed by atoms with Gasteiger partial charge in [0, 0.05) is 35.4 Å². The number of fused-ring (bicyclic) bond motifs is 1. The molecule has 1 aliphatic carbocycles. The highest BCUT2D eigenvalue weighted by Crippen LogP contribution is 2.29. The van der Waals surface area contributed by atoms with Gasteiger partial charge in [0.25, 0.3) is 0 Å². The van der Waals surface area contributed by atoms with E-state index in [0.29, 0.717) is 34.9 Å². The average Bonchev–Trinajstić information content (AvgIpc) is 3.07. The summed E-state index contributed by atoms with van der Waals surface area (Å²) in [6.45, 7) is 0. The van der Waals surface area contributed by atoms with Crippen molar-refractivity contribution in [3.63, 3.8) is 0 Å². The predicted octanol–water partition coefficient (Wildman–Crippen LogP) is 3.08. The van der Waals surface area contributed by atoms with E-state index in [9.17, 15) is 12.8 Å². The van der Waals surface area contributed by atoms with Gasteiger partial charge in [0.1, 0.15) is 5.65 Å². The summed E-state index contributed by atoms with van der Waals surface area (Å²) >= 11 is 6.04. The molecule has 4 rings (SSSR count). The van der Waals surface area contributed by atoms with Crippen LogP contribution in [0, 0.1) is 5.82 Å². The molecular weight excluding hydrogens is 419 g/mol. The van der Waals surface area contributed by atoms with Crippen LogP contribution in [0.5, 0.6) is 0 Å². The number of aromatic amines is 1. The lowest BCUT2D eigenvalue weighted by atomic mass is 9.91. The number of hydrogen-bond acceptors (Lipinski definition) is 6. The first-order chi connectivity index (χ1) is 13.8. The fourth-order valence-corrected chi connectivity index (χ4v) is 4.65. The van der Waals surface area contributed by atoms with Gasteiger partial charge >= 0.3 is 0 Å². The molecule has 1 unspecified atom stereocenters. The van der Waals surface area contributed by atoms with Crippen LogP contribution < -0.4 is 10.0 Å². The van der Waals surface area contributed by atoms with Crippen LogP contribution in [-0.2, 0) is 10.0 Å². The number of halogens is 2. The van der Waals surface area contributed by atoms with E-state index >= 15 is 0 Å². The molecular formula is C18H20ClFN6O2S. The Balaban J connectivity index is 1.65. The highest BCUT2D eigenvalue weighted by molar-refractivity contribution is 7.88. The molecule has 0 radical (unpaired) electrons. The van der Waals surface area contributed by atoms with E-state index in [2.05, 4.69) is 30.0 Å². The SMILES string of the molecule is CS(=O)(=O)N[C@@H]1CCCCC1Nc1nc(-c2c[nH]c3ncc(Cl)cc23)ncc1F. The van der Waals surface area contributed by atoms with Gasteiger partial charge in [0.05, 0.1) is 17.5 Å². The van der Waals surface area contributed by atoms with Gasteiger partial charge in [-0.3, -0.25) is 0 Å². The van der Waals surface area contributed by atoms with Crippen molar-refractivity contribution in [2.75, 3.05) is 11.6 Å². The number of nitrogens with one attached hydrogen (secondary N) is 3. The summed E-state index contributed by atoms with van der Waals surface area (Å²) < 4.78 is 40.4. The van der Waals surface area contributed by atoms with Crippen LogP contribution in [0.3, 0.4) is 0 Å². The zero-order valence-electron chi connectivity index (χ0n) is 15.6. The molecule has 0 bridgehead atoms. The molecule has 154 valence electrons. The molecule has 2 atom stereocenters. The minimum absolute atomic E-state index is 0.0338. The maximum Gasteiger partial charge on any atom is 0.209 e. The Morgan fingerprint density at radius 3 is 2.72 bits per heavy atom. The normalized spacial score (nSPS) is 20.1. The maximum absolute atomic E-state index is 14.4. The van der Waals surface area contributed by atoms with Crippen molar-refractivity contribution < 1.29 is 12.8 Å². The largest absolute Gasteiger partial charge is 0.363 e.